The van der Waals surface area contributed by atoms with E-state index < -0.39 is 0 Å². The van der Waals surface area contributed by atoms with E-state index in [9.17, 15) is 9.90 Å². The van der Waals surface area contributed by atoms with Crippen LogP contribution in [0.1, 0.15) is 55.3 Å². The Kier molecular flexibility index (Phi) is 4.64. The Bertz CT molecular complexity index is 425. The topological polar surface area (TPSA) is 53.7 Å². The standard InChI is InChI=1S/C15H23NO3/c1-11(17)10-13-6-4-3-5-9-16(13)15(18)14-8-7-12(2)19-14/h7-8,11,13,17H,3-6,9-10H2,1-2H3. The maximum Gasteiger partial charge on any atom is 0.289 e. The zero-order valence-electron chi connectivity index (χ0n) is 11.8. The van der Waals surface area contributed by atoms with Crippen molar-refractivity contribution >= 4 is 5.91 Å². The van der Waals surface area contributed by atoms with E-state index in [1.54, 1.807) is 13.0 Å². The van der Waals surface area contributed by atoms with Crippen molar-refractivity contribution in [3.63, 3.8) is 0 Å². The fraction of sp³-hybridized carbons (Fsp3) is 0.667. The SMILES string of the molecule is Cc1ccc(C(=O)N2CCCCCC2CC(C)O)o1. The number of carbonyl (C=O) groups is 1. The minimum Gasteiger partial charge on any atom is -0.456 e. The summed E-state index contributed by atoms with van der Waals surface area (Å²) in [5.74, 6) is 1.13. The molecule has 1 aliphatic heterocycles. The molecule has 2 atom stereocenters. The summed E-state index contributed by atoms with van der Waals surface area (Å²) in [5.41, 5.74) is 0. The second-order valence-electron chi connectivity index (χ2n) is 5.50. The Morgan fingerprint density at radius 2 is 2.26 bits per heavy atom. The summed E-state index contributed by atoms with van der Waals surface area (Å²) >= 11 is 0. The second-order valence-corrected chi connectivity index (χ2v) is 5.50. The van der Waals surface area contributed by atoms with E-state index in [2.05, 4.69) is 0 Å². The lowest BCUT2D eigenvalue weighted by molar-refractivity contribution is 0.0575. The fourth-order valence-corrected chi connectivity index (χ4v) is 2.77. The van der Waals surface area contributed by atoms with Gasteiger partial charge in [0.2, 0.25) is 0 Å². The van der Waals surface area contributed by atoms with Crippen LogP contribution in [0.5, 0.6) is 0 Å². The van der Waals surface area contributed by atoms with E-state index in [1.165, 1.54) is 0 Å². The van der Waals surface area contributed by atoms with Gasteiger partial charge >= 0.3 is 0 Å². The van der Waals surface area contributed by atoms with E-state index in [-0.39, 0.29) is 18.1 Å². The van der Waals surface area contributed by atoms with Crippen molar-refractivity contribution in [3.05, 3.63) is 23.7 Å². The Balaban J connectivity index is 2.14. The molecular formula is C15H23NO3. The monoisotopic (exact) mass is 265 g/mol. The Morgan fingerprint density at radius 1 is 1.47 bits per heavy atom. The van der Waals surface area contributed by atoms with Gasteiger partial charge in [0.1, 0.15) is 5.76 Å². The van der Waals surface area contributed by atoms with Crippen molar-refractivity contribution in [2.45, 2.75) is 58.1 Å². The number of nitrogens with zero attached hydrogens (tertiary/aromatic N) is 1. The number of amides is 1. The second kappa shape index (κ2) is 6.24. The summed E-state index contributed by atoms with van der Waals surface area (Å²) < 4.78 is 5.44. The summed E-state index contributed by atoms with van der Waals surface area (Å²) in [5, 5.41) is 9.61. The molecule has 4 heteroatoms. The van der Waals surface area contributed by atoms with Crippen molar-refractivity contribution in [2.24, 2.45) is 0 Å². The predicted octanol–water partition coefficient (Wildman–Crippen LogP) is 2.74. The van der Waals surface area contributed by atoms with Crippen molar-refractivity contribution in [3.8, 4) is 0 Å². The van der Waals surface area contributed by atoms with Gasteiger partial charge in [0.15, 0.2) is 5.76 Å². The number of rotatable bonds is 3. The highest BCUT2D eigenvalue weighted by molar-refractivity contribution is 5.91. The van der Waals surface area contributed by atoms with Crippen LogP contribution in [0.15, 0.2) is 16.5 Å². The first-order chi connectivity index (χ1) is 9.08. The minimum absolute atomic E-state index is 0.0411. The van der Waals surface area contributed by atoms with E-state index in [1.807, 2.05) is 17.9 Å². The van der Waals surface area contributed by atoms with Crippen LogP contribution in [0, 0.1) is 6.92 Å². The third kappa shape index (κ3) is 3.60. The lowest BCUT2D eigenvalue weighted by Gasteiger charge is -2.30. The third-order valence-corrected chi connectivity index (χ3v) is 3.70. The summed E-state index contributed by atoms with van der Waals surface area (Å²) in [4.78, 5) is 14.4. The summed E-state index contributed by atoms with van der Waals surface area (Å²) in [6.45, 7) is 4.38. The van der Waals surface area contributed by atoms with E-state index in [4.69, 9.17) is 4.42 Å². The Morgan fingerprint density at radius 3 is 2.89 bits per heavy atom. The van der Waals surface area contributed by atoms with Crippen LogP contribution in [0.3, 0.4) is 0 Å². The average Bonchev–Trinajstić information content (AvgIpc) is 2.65. The lowest BCUT2D eigenvalue weighted by atomic mass is 10.0. The number of hydrogen-bond acceptors (Lipinski definition) is 3. The maximum atomic E-state index is 12.5. The van der Waals surface area contributed by atoms with Gasteiger partial charge in [0.25, 0.3) is 5.91 Å². The lowest BCUT2D eigenvalue weighted by Crippen LogP contribution is -2.41. The van der Waals surface area contributed by atoms with Crippen LogP contribution in [-0.4, -0.2) is 34.6 Å². The minimum atomic E-state index is -0.378. The van der Waals surface area contributed by atoms with Gasteiger partial charge < -0.3 is 14.4 Å². The van der Waals surface area contributed by atoms with Gasteiger partial charge in [-0.25, -0.2) is 0 Å². The van der Waals surface area contributed by atoms with Gasteiger partial charge in [-0.05, 0) is 45.2 Å². The fourth-order valence-electron chi connectivity index (χ4n) is 2.77. The first-order valence-electron chi connectivity index (χ1n) is 7.13. The quantitative estimate of drug-likeness (QED) is 0.914. The number of aliphatic hydroxyl groups is 1. The smallest absolute Gasteiger partial charge is 0.289 e. The van der Waals surface area contributed by atoms with Crippen LogP contribution in [0.25, 0.3) is 0 Å². The molecule has 1 saturated heterocycles. The van der Waals surface area contributed by atoms with Gasteiger partial charge in [0.05, 0.1) is 6.10 Å². The zero-order valence-corrected chi connectivity index (χ0v) is 11.8. The number of carbonyl (C=O) groups excluding carboxylic acids is 1. The highest BCUT2D eigenvalue weighted by Crippen LogP contribution is 2.23. The van der Waals surface area contributed by atoms with Crippen LogP contribution >= 0.6 is 0 Å². The van der Waals surface area contributed by atoms with Crippen LogP contribution < -0.4 is 0 Å². The molecule has 2 rings (SSSR count). The van der Waals surface area contributed by atoms with Crippen LogP contribution in [0.4, 0.5) is 0 Å². The highest BCUT2D eigenvalue weighted by Gasteiger charge is 2.28. The molecule has 19 heavy (non-hydrogen) atoms. The molecule has 2 heterocycles. The average molecular weight is 265 g/mol. The molecule has 0 aromatic carbocycles. The van der Waals surface area contributed by atoms with Crippen molar-refractivity contribution < 1.29 is 14.3 Å². The Hall–Kier alpha value is -1.29. The number of furan rings is 1. The zero-order chi connectivity index (χ0) is 13.8. The van der Waals surface area contributed by atoms with Crippen LogP contribution in [-0.2, 0) is 0 Å². The summed E-state index contributed by atoms with van der Waals surface area (Å²) in [7, 11) is 0. The molecule has 0 saturated carbocycles. The maximum absolute atomic E-state index is 12.5. The molecule has 4 nitrogen and oxygen atoms in total. The van der Waals surface area contributed by atoms with Crippen molar-refractivity contribution in [1.82, 2.24) is 4.90 Å². The molecule has 0 bridgehead atoms. The number of aryl methyl sites for hydroxylation is 1. The van der Waals surface area contributed by atoms with Crippen molar-refractivity contribution in [1.29, 1.82) is 0 Å². The van der Waals surface area contributed by atoms with Gasteiger partial charge in [-0.1, -0.05) is 12.8 Å². The van der Waals surface area contributed by atoms with Gasteiger partial charge in [-0.2, -0.15) is 0 Å². The normalized spacial score (nSPS) is 22.1. The predicted molar refractivity (Wildman–Crippen MR) is 73.0 cm³/mol. The molecule has 1 fully saturated rings. The van der Waals surface area contributed by atoms with Gasteiger partial charge in [0, 0.05) is 12.6 Å². The molecule has 0 radical (unpaired) electrons. The largest absolute Gasteiger partial charge is 0.456 e. The summed E-state index contributed by atoms with van der Waals surface area (Å²) in [6, 6.07) is 3.68. The molecule has 0 aliphatic carbocycles. The molecular weight excluding hydrogens is 242 g/mol. The van der Waals surface area contributed by atoms with Crippen LogP contribution in [0.2, 0.25) is 0 Å². The van der Waals surface area contributed by atoms with E-state index >= 15 is 0 Å². The third-order valence-electron chi connectivity index (χ3n) is 3.70. The highest BCUT2D eigenvalue weighted by atomic mass is 16.3. The number of aliphatic hydroxyl groups excluding tert-OH is 1. The van der Waals surface area contributed by atoms with E-state index in [0.29, 0.717) is 12.2 Å². The number of hydrogen-bond donors (Lipinski definition) is 1. The van der Waals surface area contributed by atoms with E-state index in [0.717, 1.165) is 38.0 Å². The molecule has 1 aromatic heterocycles. The first-order valence-corrected chi connectivity index (χ1v) is 7.13. The Labute approximate surface area is 114 Å². The molecule has 1 N–H and O–H groups in total. The molecule has 0 spiro atoms. The molecule has 1 aromatic rings. The van der Waals surface area contributed by atoms with Crippen molar-refractivity contribution in [2.75, 3.05) is 6.54 Å². The molecule has 1 aliphatic rings. The van der Waals surface area contributed by atoms with Gasteiger partial charge in [-0.15, -0.1) is 0 Å². The summed E-state index contributed by atoms with van der Waals surface area (Å²) in [6.07, 6.45) is 4.54. The molecule has 1 amide bonds. The van der Waals surface area contributed by atoms with Gasteiger partial charge in [-0.3, -0.25) is 4.79 Å². The molecule has 106 valence electrons. The first kappa shape index (κ1) is 14.1. The molecule has 2 unspecified atom stereocenters. The number of likely N-dealkylation sites (tertiary alicyclic amines) is 1.